The number of nitrogens with zero attached hydrogens (tertiary/aromatic N) is 3. The van der Waals surface area contributed by atoms with Crippen molar-refractivity contribution in [3.05, 3.63) is 53.7 Å². The molecular formula is C20H27N3O2. The van der Waals surface area contributed by atoms with Gasteiger partial charge in [-0.3, -0.25) is 14.7 Å². The van der Waals surface area contributed by atoms with E-state index in [2.05, 4.69) is 16.8 Å². The molecule has 1 aliphatic heterocycles. The van der Waals surface area contributed by atoms with Gasteiger partial charge in [-0.1, -0.05) is 6.92 Å². The monoisotopic (exact) mass is 341 g/mol. The molecule has 1 fully saturated rings. The highest BCUT2D eigenvalue weighted by molar-refractivity contribution is 5.91. The summed E-state index contributed by atoms with van der Waals surface area (Å²) < 4.78 is 5.81. The minimum Gasteiger partial charge on any atom is -0.455 e. The van der Waals surface area contributed by atoms with Gasteiger partial charge < -0.3 is 9.32 Å². The number of hydrogen-bond donors (Lipinski definition) is 0. The summed E-state index contributed by atoms with van der Waals surface area (Å²) in [5.41, 5.74) is 1.18. The van der Waals surface area contributed by atoms with Gasteiger partial charge in [0.1, 0.15) is 5.76 Å². The SMILES string of the molecule is CC1CCN(Cc2ccc(C(=O)N(C)CCc3ccncc3)o2)CC1. The van der Waals surface area contributed by atoms with Gasteiger partial charge in [0.05, 0.1) is 6.54 Å². The van der Waals surface area contributed by atoms with E-state index in [-0.39, 0.29) is 5.91 Å². The van der Waals surface area contributed by atoms with Gasteiger partial charge in [-0.05, 0) is 68.1 Å². The molecule has 2 aromatic rings. The highest BCUT2D eigenvalue weighted by Crippen LogP contribution is 2.19. The lowest BCUT2D eigenvalue weighted by Crippen LogP contribution is -2.32. The fourth-order valence-corrected chi connectivity index (χ4v) is 3.15. The van der Waals surface area contributed by atoms with Gasteiger partial charge in [-0.25, -0.2) is 0 Å². The minimum atomic E-state index is -0.0624. The number of rotatable bonds is 6. The predicted octanol–water partition coefficient (Wildman–Crippen LogP) is 3.22. The molecule has 0 aliphatic carbocycles. The maximum absolute atomic E-state index is 12.5. The van der Waals surface area contributed by atoms with Gasteiger partial charge in [0.2, 0.25) is 0 Å². The van der Waals surface area contributed by atoms with Gasteiger partial charge in [-0.2, -0.15) is 0 Å². The zero-order chi connectivity index (χ0) is 17.6. The largest absolute Gasteiger partial charge is 0.455 e. The first-order valence-corrected chi connectivity index (χ1v) is 9.07. The molecule has 0 atom stereocenters. The Labute approximate surface area is 149 Å². The van der Waals surface area contributed by atoms with Crippen LogP contribution >= 0.6 is 0 Å². The topological polar surface area (TPSA) is 49.6 Å². The number of furan rings is 1. The van der Waals surface area contributed by atoms with Gasteiger partial charge in [0.15, 0.2) is 5.76 Å². The molecule has 3 heterocycles. The number of amides is 1. The number of likely N-dealkylation sites (N-methyl/N-ethyl adjacent to an activating group) is 1. The molecule has 0 unspecified atom stereocenters. The van der Waals surface area contributed by atoms with Crippen molar-refractivity contribution in [1.29, 1.82) is 0 Å². The van der Waals surface area contributed by atoms with Crippen molar-refractivity contribution in [2.24, 2.45) is 5.92 Å². The van der Waals surface area contributed by atoms with Crippen LogP contribution in [-0.4, -0.2) is 47.4 Å². The third kappa shape index (κ3) is 4.92. The van der Waals surface area contributed by atoms with Crippen LogP contribution in [0.25, 0.3) is 0 Å². The van der Waals surface area contributed by atoms with E-state index in [1.807, 2.05) is 25.2 Å². The van der Waals surface area contributed by atoms with Crippen molar-refractivity contribution < 1.29 is 9.21 Å². The molecule has 25 heavy (non-hydrogen) atoms. The summed E-state index contributed by atoms with van der Waals surface area (Å²) in [6.07, 6.45) is 6.84. The van der Waals surface area contributed by atoms with Crippen LogP contribution in [0.5, 0.6) is 0 Å². The number of likely N-dealkylation sites (tertiary alicyclic amines) is 1. The van der Waals surface area contributed by atoms with Crippen LogP contribution in [0.1, 0.15) is 41.6 Å². The molecule has 0 spiro atoms. The van der Waals surface area contributed by atoms with E-state index in [1.54, 1.807) is 23.4 Å². The van der Waals surface area contributed by atoms with Crippen molar-refractivity contribution in [1.82, 2.24) is 14.8 Å². The van der Waals surface area contributed by atoms with E-state index >= 15 is 0 Å². The molecule has 5 heteroatoms. The van der Waals surface area contributed by atoms with E-state index in [4.69, 9.17) is 4.42 Å². The van der Waals surface area contributed by atoms with Crippen molar-refractivity contribution >= 4 is 5.91 Å². The number of hydrogen-bond acceptors (Lipinski definition) is 4. The second kappa shape index (κ2) is 8.30. The Balaban J connectivity index is 1.51. The van der Waals surface area contributed by atoms with Crippen molar-refractivity contribution in [2.75, 3.05) is 26.7 Å². The smallest absolute Gasteiger partial charge is 0.289 e. The number of aromatic nitrogens is 1. The van der Waals surface area contributed by atoms with Gasteiger partial charge >= 0.3 is 0 Å². The summed E-state index contributed by atoms with van der Waals surface area (Å²) in [6.45, 7) is 5.97. The molecule has 0 aromatic carbocycles. The maximum atomic E-state index is 12.5. The van der Waals surface area contributed by atoms with E-state index in [0.717, 1.165) is 37.7 Å². The summed E-state index contributed by atoms with van der Waals surface area (Å²) in [6, 6.07) is 7.68. The van der Waals surface area contributed by atoms with E-state index < -0.39 is 0 Å². The van der Waals surface area contributed by atoms with E-state index in [1.165, 1.54) is 18.4 Å². The first-order chi connectivity index (χ1) is 12.1. The van der Waals surface area contributed by atoms with Crippen LogP contribution in [0.2, 0.25) is 0 Å². The van der Waals surface area contributed by atoms with Crippen LogP contribution in [0.15, 0.2) is 41.1 Å². The fourth-order valence-electron chi connectivity index (χ4n) is 3.15. The van der Waals surface area contributed by atoms with Crippen LogP contribution in [0.4, 0.5) is 0 Å². The summed E-state index contributed by atoms with van der Waals surface area (Å²) in [5, 5.41) is 0. The molecule has 134 valence electrons. The van der Waals surface area contributed by atoms with Gasteiger partial charge in [-0.15, -0.1) is 0 Å². The maximum Gasteiger partial charge on any atom is 0.289 e. The number of piperidine rings is 1. The molecule has 1 saturated heterocycles. The van der Waals surface area contributed by atoms with E-state index in [0.29, 0.717) is 12.3 Å². The average molecular weight is 341 g/mol. The third-order valence-corrected chi connectivity index (χ3v) is 4.96. The third-order valence-electron chi connectivity index (χ3n) is 4.96. The van der Waals surface area contributed by atoms with Crippen molar-refractivity contribution in [3.8, 4) is 0 Å². The van der Waals surface area contributed by atoms with Gasteiger partial charge in [0.25, 0.3) is 5.91 Å². The first-order valence-electron chi connectivity index (χ1n) is 9.07. The number of carbonyl (C=O) groups excluding carboxylic acids is 1. The lowest BCUT2D eigenvalue weighted by molar-refractivity contribution is 0.0760. The predicted molar refractivity (Wildman–Crippen MR) is 97.3 cm³/mol. The molecule has 0 saturated carbocycles. The quantitative estimate of drug-likeness (QED) is 0.809. The molecule has 0 bridgehead atoms. The summed E-state index contributed by atoms with van der Waals surface area (Å²) in [5.74, 6) is 2.06. The normalized spacial score (nSPS) is 16.1. The lowest BCUT2D eigenvalue weighted by Gasteiger charge is -2.29. The molecule has 2 aromatic heterocycles. The molecular weight excluding hydrogens is 314 g/mol. The Hall–Kier alpha value is -2.14. The second-order valence-electron chi connectivity index (χ2n) is 7.06. The van der Waals surface area contributed by atoms with Crippen LogP contribution in [-0.2, 0) is 13.0 Å². The molecule has 5 nitrogen and oxygen atoms in total. The molecule has 0 radical (unpaired) electrons. The highest BCUT2D eigenvalue weighted by Gasteiger charge is 2.19. The number of carbonyl (C=O) groups is 1. The fraction of sp³-hybridized carbons (Fsp3) is 0.500. The zero-order valence-electron chi connectivity index (χ0n) is 15.1. The molecule has 1 aliphatic rings. The molecule has 0 N–H and O–H groups in total. The summed E-state index contributed by atoms with van der Waals surface area (Å²) >= 11 is 0. The Morgan fingerprint density at radius 2 is 1.96 bits per heavy atom. The van der Waals surface area contributed by atoms with Crippen LogP contribution in [0.3, 0.4) is 0 Å². The molecule has 3 rings (SSSR count). The molecule has 1 amide bonds. The Morgan fingerprint density at radius 1 is 1.24 bits per heavy atom. The average Bonchev–Trinajstić information content (AvgIpc) is 3.10. The standard InChI is InChI=1S/C20H27N3O2/c1-16-7-13-23(14-8-16)15-18-3-4-19(25-18)20(24)22(2)12-9-17-5-10-21-11-6-17/h3-6,10-11,16H,7-9,12-15H2,1-2H3. The minimum absolute atomic E-state index is 0.0624. The highest BCUT2D eigenvalue weighted by atomic mass is 16.4. The number of pyridine rings is 1. The second-order valence-corrected chi connectivity index (χ2v) is 7.06. The zero-order valence-corrected chi connectivity index (χ0v) is 15.1. The van der Waals surface area contributed by atoms with Crippen LogP contribution in [0, 0.1) is 5.92 Å². The Morgan fingerprint density at radius 3 is 2.68 bits per heavy atom. The van der Waals surface area contributed by atoms with Gasteiger partial charge in [0, 0.05) is 26.0 Å². The Kier molecular flexibility index (Phi) is 5.87. The van der Waals surface area contributed by atoms with Crippen LogP contribution < -0.4 is 0 Å². The van der Waals surface area contributed by atoms with Crippen molar-refractivity contribution in [3.63, 3.8) is 0 Å². The summed E-state index contributed by atoms with van der Waals surface area (Å²) in [4.78, 5) is 20.6. The lowest BCUT2D eigenvalue weighted by atomic mass is 9.99. The van der Waals surface area contributed by atoms with E-state index in [9.17, 15) is 4.79 Å². The van der Waals surface area contributed by atoms with Crippen molar-refractivity contribution in [2.45, 2.75) is 32.7 Å². The first kappa shape index (κ1) is 17.7. The Bertz CT molecular complexity index is 675. The summed E-state index contributed by atoms with van der Waals surface area (Å²) in [7, 11) is 1.82.